The standard InChI is InChI=1S/C13H12N4O3/c1-8-2-3-12(11(6-8)17(18)19)20-9-4-5-16-10(7-9)13(14)15/h2-7H,1H3,(H3,14,15). The molecule has 0 spiro atoms. The van der Waals surface area contributed by atoms with Gasteiger partial charge >= 0.3 is 5.69 Å². The lowest BCUT2D eigenvalue weighted by atomic mass is 10.2. The first-order valence-corrected chi connectivity index (χ1v) is 5.70. The van der Waals surface area contributed by atoms with Crippen LogP contribution in [0.5, 0.6) is 11.5 Å². The predicted molar refractivity (Wildman–Crippen MR) is 73.2 cm³/mol. The number of rotatable bonds is 4. The number of amidine groups is 1. The fourth-order valence-corrected chi connectivity index (χ4v) is 1.61. The summed E-state index contributed by atoms with van der Waals surface area (Å²) >= 11 is 0. The van der Waals surface area contributed by atoms with Crippen molar-refractivity contribution in [3.05, 3.63) is 57.9 Å². The van der Waals surface area contributed by atoms with Gasteiger partial charge in [0.2, 0.25) is 5.75 Å². The summed E-state index contributed by atoms with van der Waals surface area (Å²) in [5, 5.41) is 18.3. The Morgan fingerprint density at radius 2 is 2.15 bits per heavy atom. The number of nitrogens with two attached hydrogens (primary N) is 1. The number of nitro groups is 1. The zero-order chi connectivity index (χ0) is 14.7. The fraction of sp³-hybridized carbons (Fsp3) is 0.0769. The number of aryl methyl sites for hydroxylation is 1. The Balaban J connectivity index is 2.37. The van der Waals surface area contributed by atoms with Crippen molar-refractivity contribution >= 4 is 11.5 Å². The molecule has 1 aromatic heterocycles. The molecule has 0 fully saturated rings. The Labute approximate surface area is 114 Å². The first kappa shape index (κ1) is 13.5. The number of benzene rings is 1. The molecule has 1 heterocycles. The molecule has 102 valence electrons. The summed E-state index contributed by atoms with van der Waals surface area (Å²) in [6.45, 7) is 1.76. The number of hydrogen-bond donors (Lipinski definition) is 2. The highest BCUT2D eigenvalue weighted by Gasteiger charge is 2.16. The van der Waals surface area contributed by atoms with Crippen LogP contribution in [-0.4, -0.2) is 15.7 Å². The van der Waals surface area contributed by atoms with E-state index in [0.29, 0.717) is 5.75 Å². The van der Waals surface area contributed by atoms with Gasteiger partial charge in [0.15, 0.2) is 0 Å². The van der Waals surface area contributed by atoms with Crippen LogP contribution in [-0.2, 0) is 0 Å². The van der Waals surface area contributed by atoms with E-state index < -0.39 is 4.92 Å². The molecule has 1 aromatic carbocycles. The third-order valence-electron chi connectivity index (χ3n) is 2.55. The lowest BCUT2D eigenvalue weighted by Crippen LogP contribution is -2.12. The highest BCUT2D eigenvalue weighted by molar-refractivity contribution is 5.93. The van der Waals surface area contributed by atoms with Gasteiger partial charge < -0.3 is 10.5 Å². The fourth-order valence-electron chi connectivity index (χ4n) is 1.61. The Kier molecular flexibility index (Phi) is 3.60. The highest BCUT2D eigenvalue weighted by atomic mass is 16.6. The van der Waals surface area contributed by atoms with Crippen LogP contribution in [0.2, 0.25) is 0 Å². The molecule has 0 bridgehead atoms. The van der Waals surface area contributed by atoms with Crippen LogP contribution in [0, 0.1) is 22.4 Å². The van der Waals surface area contributed by atoms with Gasteiger partial charge in [-0.1, -0.05) is 6.07 Å². The molecule has 0 radical (unpaired) electrons. The second-order valence-electron chi connectivity index (χ2n) is 4.12. The smallest absolute Gasteiger partial charge is 0.311 e. The molecule has 0 saturated carbocycles. The van der Waals surface area contributed by atoms with Gasteiger partial charge in [0.25, 0.3) is 0 Å². The third kappa shape index (κ3) is 2.89. The van der Waals surface area contributed by atoms with Crippen LogP contribution in [0.4, 0.5) is 5.69 Å². The molecule has 0 amide bonds. The maximum absolute atomic E-state index is 11.0. The molecule has 0 aliphatic rings. The van der Waals surface area contributed by atoms with Crippen LogP contribution in [0.3, 0.4) is 0 Å². The van der Waals surface area contributed by atoms with E-state index in [2.05, 4.69) is 4.98 Å². The second kappa shape index (κ2) is 5.35. The molecule has 0 aliphatic heterocycles. The van der Waals surface area contributed by atoms with Crippen molar-refractivity contribution in [2.45, 2.75) is 6.92 Å². The Hall–Kier alpha value is -2.96. The van der Waals surface area contributed by atoms with Gasteiger partial charge in [0, 0.05) is 18.3 Å². The van der Waals surface area contributed by atoms with E-state index in [1.165, 1.54) is 30.5 Å². The van der Waals surface area contributed by atoms with E-state index in [-0.39, 0.29) is 23.0 Å². The maximum Gasteiger partial charge on any atom is 0.311 e. The monoisotopic (exact) mass is 272 g/mol. The summed E-state index contributed by atoms with van der Waals surface area (Å²) in [4.78, 5) is 14.4. The minimum Gasteiger partial charge on any atom is -0.450 e. The van der Waals surface area contributed by atoms with Gasteiger partial charge in [-0.05, 0) is 24.6 Å². The molecule has 2 aromatic rings. The summed E-state index contributed by atoms with van der Waals surface area (Å²) in [6, 6.07) is 7.67. The predicted octanol–water partition coefficient (Wildman–Crippen LogP) is 2.37. The van der Waals surface area contributed by atoms with Crippen LogP contribution < -0.4 is 10.5 Å². The number of pyridine rings is 1. The van der Waals surface area contributed by atoms with Crippen molar-refractivity contribution in [3.8, 4) is 11.5 Å². The first-order chi connectivity index (χ1) is 9.47. The molecule has 7 nitrogen and oxygen atoms in total. The van der Waals surface area contributed by atoms with Gasteiger partial charge in [-0.3, -0.25) is 20.5 Å². The van der Waals surface area contributed by atoms with Crippen molar-refractivity contribution in [2.75, 3.05) is 0 Å². The van der Waals surface area contributed by atoms with Gasteiger partial charge in [-0.15, -0.1) is 0 Å². The van der Waals surface area contributed by atoms with Crippen LogP contribution in [0.15, 0.2) is 36.5 Å². The van der Waals surface area contributed by atoms with Gasteiger partial charge in [0.1, 0.15) is 17.3 Å². The molecular formula is C13H12N4O3. The van der Waals surface area contributed by atoms with Crippen LogP contribution in [0.1, 0.15) is 11.3 Å². The largest absolute Gasteiger partial charge is 0.450 e. The summed E-state index contributed by atoms with van der Waals surface area (Å²) < 4.78 is 5.48. The van der Waals surface area contributed by atoms with E-state index in [0.717, 1.165) is 5.56 Å². The Bertz CT molecular complexity index is 685. The minimum absolute atomic E-state index is 0.119. The number of nitro benzene ring substituents is 1. The van der Waals surface area contributed by atoms with E-state index in [1.54, 1.807) is 13.0 Å². The SMILES string of the molecule is Cc1ccc(Oc2ccnc(C(=N)N)c2)c([N+](=O)[O-])c1. The quantitative estimate of drug-likeness (QED) is 0.383. The average Bonchev–Trinajstić information content (AvgIpc) is 2.41. The molecule has 0 unspecified atom stereocenters. The van der Waals surface area contributed by atoms with E-state index in [1.807, 2.05) is 0 Å². The Morgan fingerprint density at radius 1 is 1.40 bits per heavy atom. The van der Waals surface area contributed by atoms with E-state index >= 15 is 0 Å². The van der Waals surface area contributed by atoms with Crippen molar-refractivity contribution < 1.29 is 9.66 Å². The molecule has 2 rings (SSSR count). The van der Waals surface area contributed by atoms with Crippen molar-refractivity contribution in [3.63, 3.8) is 0 Å². The number of hydrogen-bond acceptors (Lipinski definition) is 5. The van der Waals surface area contributed by atoms with E-state index in [4.69, 9.17) is 15.9 Å². The highest BCUT2D eigenvalue weighted by Crippen LogP contribution is 2.31. The maximum atomic E-state index is 11.0. The normalized spacial score (nSPS) is 10.1. The molecule has 3 N–H and O–H groups in total. The first-order valence-electron chi connectivity index (χ1n) is 5.70. The Morgan fingerprint density at radius 3 is 2.80 bits per heavy atom. The van der Waals surface area contributed by atoms with Gasteiger partial charge in [-0.2, -0.15) is 0 Å². The number of nitrogens with one attached hydrogen (secondary N) is 1. The molecule has 0 atom stereocenters. The van der Waals surface area contributed by atoms with Crippen molar-refractivity contribution in [1.82, 2.24) is 4.98 Å². The number of ether oxygens (including phenoxy) is 1. The summed E-state index contributed by atoms with van der Waals surface area (Å²) in [6.07, 6.45) is 1.42. The summed E-state index contributed by atoms with van der Waals surface area (Å²) in [5.74, 6) is 0.257. The average molecular weight is 272 g/mol. The van der Waals surface area contributed by atoms with Gasteiger partial charge in [-0.25, -0.2) is 0 Å². The topological polar surface area (TPSA) is 115 Å². The molecule has 20 heavy (non-hydrogen) atoms. The minimum atomic E-state index is -0.505. The zero-order valence-electron chi connectivity index (χ0n) is 10.7. The molecule has 7 heteroatoms. The second-order valence-corrected chi connectivity index (χ2v) is 4.12. The third-order valence-corrected chi connectivity index (χ3v) is 2.55. The van der Waals surface area contributed by atoms with Crippen molar-refractivity contribution in [1.29, 1.82) is 5.41 Å². The van der Waals surface area contributed by atoms with E-state index in [9.17, 15) is 10.1 Å². The molecule has 0 aliphatic carbocycles. The summed E-state index contributed by atoms with van der Waals surface area (Å²) in [5.41, 5.74) is 6.23. The number of aromatic nitrogens is 1. The number of nitrogen functional groups attached to an aromatic ring is 1. The zero-order valence-corrected chi connectivity index (χ0v) is 10.7. The van der Waals surface area contributed by atoms with Crippen molar-refractivity contribution in [2.24, 2.45) is 5.73 Å². The molecule has 0 saturated heterocycles. The number of nitrogens with zero attached hydrogens (tertiary/aromatic N) is 2. The lowest BCUT2D eigenvalue weighted by molar-refractivity contribution is -0.385. The lowest BCUT2D eigenvalue weighted by Gasteiger charge is -2.07. The van der Waals surface area contributed by atoms with Gasteiger partial charge in [0.05, 0.1) is 4.92 Å². The van der Waals surface area contributed by atoms with Crippen LogP contribution >= 0.6 is 0 Å². The van der Waals surface area contributed by atoms with Crippen LogP contribution in [0.25, 0.3) is 0 Å². The molecular weight excluding hydrogens is 260 g/mol. The summed E-state index contributed by atoms with van der Waals surface area (Å²) in [7, 11) is 0.